The van der Waals surface area contributed by atoms with E-state index in [0.717, 1.165) is 0 Å². The first-order chi connectivity index (χ1) is 6.00. The number of hydrogen-bond acceptors (Lipinski definition) is 2. The van der Waals surface area contributed by atoms with E-state index in [1.54, 1.807) is 6.07 Å². The summed E-state index contributed by atoms with van der Waals surface area (Å²) in [6.45, 7) is -0.196. The molecule has 0 amide bonds. The third-order valence-corrected chi connectivity index (χ3v) is 1.28. The molecule has 6 heteroatoms. The van der Waals surface area contributed by atoms with Crippen molar-refractivity contribution in [3.63, 3.8) is 0 Å². The number of nitrogens with zero attached hydrogens (tertiary/aromatic N) is 1. The van der Waals surface area contributed by atoms with Crippen molar-refractivity contribution >= 4 is 5.84 Å². The molecule has 0 aliphatic rings. The number of hydrogen-bond donors (Lipinski definition) is 1. The van der Waals surface area contributed by atoms with Gasteiger partial charge in [-0.3, -0.25) is 4.99 Å². The Morgan fingerprint density at radius 2 is 2.23 bits per heavy atom. The standard InChI is InChI=1S/C7H7F3N2O/c8-7(9,10)6(11)12-4-5-2-1-3-13-5/h1-3H,4H2,(H2,11,12). The van der Waals surface area contributed by atoms with Crippen molar-refractivity contribution in [2.75, 3.05) is 0 Å². The van der Waals surface area contributed by atoms with E-state index in [1.807, 2.05) is 0 Å². The van der Waals surface area contributed by atoms with Gasteiger partial charge in [0, 0.05) is 0 Å². The lowest BCUT2D eigenvalue weighted by Crippen LogP contribution is -2.31. The molecule has 1 rings (SSSR count). The minimum atomic E-state index is -4.56. The molecule has 0 spiro atoms. The third kappa shape index (κ3) is 2.81. The first kappa shape index (κ1) is 9.63. The molecule has 0 bridgehead atoms. The van der Waals surface area contributed by atoms with Crippen LogP contribution in [0.1, 0.15) is 5.76 Å². The van der Waals surface area contributed by atoms with Gasteiger partial charge in [0.05, 0.1) is 12.8 Å². The van der Waals surface area contributed by atoms with Gasteiger partial charge in [-0.15, -0.1) is 0 Å². The van der Waals surface area contributed by atoms with Crippen LogP contribution in [-0.4, -0.2) is 12.0 Å². The lowest BCUT2D eigenvalue weighted by Gasteiger charge is -2.03. The Hall–Kier alpha value is -1.46. The summed E-state index contributed by atoms with van der Waals surface area (Å²) in [4.78, 5) is 3.11. The van der Waals surface area contributed by atoms with Gasteiger partial charge >= 0.3 is 6.18 Å². The molecule has 0 saturated carbocycles. The zero-order chi connectivity index (χ0) is 9.90. The second-order valence-corrected chi connectivity index (χ2v) is 2.28. The first-order valence-electron chi connectivity index (χ1n) is 3.39. The highest BCUT2D eigenvalue weighted by atomic mass is 19.4. The van der Waals surface area contributed by atoms with Gasteiger partial charge in [0.2, 0.25) is 5.84 Å². The summed E-state index contributed by atoms with van der Waals surface area (Å²) in [5.41, 5.74) is 4.65. The Labute approximate surface area is 72.1 Å². The maximum absolute atomic E-state index is 11.8. The van der Waals surface area contributed by atoms with Crippen LogP contribution in [0.5, 0.6) is 0 Å². The highest BCUT2D eigenvalue weighted by molar-refractivity contribution is 5.85. The van der Waals surface area contributed by atoms with Crippen LogP contribution in [0.3, 0.4) is 0 Å². The Morgan fingerprint density at radius 1 is 1.54 bits per heavy atom. The Kier molecular flexibility index (Phi) is 2.60. The average Bonchev–Trinajstić information content (AvgIpc) is 2.50. The maximum Gasteiger partial charge on any atom is 0.448 e. The van der Waals surface area contributed by atoms with E-state index in [0.29, 0.717) is 5.76 Å². The second kappa shape index (κ2) is 3.51. The lowest BCUT2D eigenvalue weighted by molar-refractivity contribution is -0.0601. The lowest BCUT2D eigenvalue weighted by atomic mass is 10.4. The molecule has 13 heavy (non-hydrogen) atoms. The summed E-state index contributed by atoms with van der Waals surface area (Å²) >= 11 is 0. The predicted octanol–water partition coefficient (Wildman–Crippen LogP) is 1.70. The molecule has 1 aromatic rings. The summed E-state index contributed by atoms with van der Waals surface area (Å²) in [7, 11) is 0. The van der Waals surface area contributed by atoms with Crippen LogP contribution < -0.4 is 5.73 Å². The fourth-order valence-corrected chi connectivity index (χ4v) is 0.655. The predicted molar refractivity (Wildman–Crippen MR) is 40.1 cm³/mol. The van der Waals surface area contributed by atoms with E-state index in [4.69, 9.17) is 4.42 Å². The molecule has 1 aromatic heterocycles. The summed E-state index contributed by atoms with van der Waals surface area (Å²) in [5.74, 6) is -1.00. The van der Waals surface area contributed by atoms with Crippen LogP contribution in [0.25, 0.3) is 0 Å². The normalized spacial score (nSPS) is 13.3. The van der Waals surface area contributed by atoms with Crippen molar-refractivity contribution in [3.8, 4) is 0 Å². The fourth-order valence-electron chi connectivity index (χ4n) is 0.655. The molecule has 0 aromatic carbocycles. The first-order valence-corrected chi connectivity index (χ1v) is 3.39. The van der Waals surface area contributed by atoms with E-state index in [1.165, 1.54) is 12.3 Å². The Bertz CT molecular complexity index is 289. The summed E-state index contributed by atoms with van der Waals surface area (Å²) in [5, 5.41) is 0. The molecule has 0 saturated heterocycles. The fraction of sp³-hybridized carbons (Fsp3) is 0.286. The molecule has 1 heterocycles. The van der Waals surface area contributed by atoms with Crippen molar-refractivity contribution in [2.24, 2.45) is 10.7 Å². The van der Waals surface area contributed by atoms with Gasteiger partial charge in [0.15, 0.2) is 0 Å². The SMILES string of the molecule is NC(=NCc1ccco1)C(F)(F)F. The van der Waals surface area contributed by atoms with Gasteiger partial charge in [0.1, 0.15) is 5.76 Å². The van der Waals surface area contributed by atoms with E-state index in [-0.39, 0.29) is 6.54 Å². The van der Waals surface area contributed by atoms with Crippen molar-refractivity contribution in [3.05, 3.63) is 24.2 Å². The molecule has 0 radical (unpaired) electrons. The van der Waals surface area contributed by atoms with Crippen molar-refractivity contribution in [2.45, 2.75) is 12.7 Å². The molecule has 0 unspecified atom stereocenters. The number of aliphatic imine (C=N–C) groups is 1. The number of alkyl halides is 3. The molecule has 0 fully saturated rings. The number of halogens is 3. The molecule has 72 valence electrons. The zero-order valence-corrected chi connectivity index (χ0v) is 6.51. The molecule has 3 nitrogen and oxygen atoms in total. The van der Waals surface area contributed by atoms with Crippen LogP contribution in [0, 0.1) is 0 Å². The molecule has 0 aliphatic heterocycles. The molecule has 2 N–H and O–H groups in total. The highest BCUT2D eigenvalue weighted by Crippen LogP contribution is 2.15. The van der Waals surface area contributed by atoms with Gasteiger partial charge in [-0.1, -0.05) is 0 Å². The number of amidine groups is 1. The van der Waals surface area contributed by atoms with E-state index < -0.39 is 12.0 Å². The molecule has 0 atom stereocenters. The minimum absolute atomic E-state index is 0.196. The minimum Gasteiger partial charge on any atom is -0.467 e. The van der Waals surface area contributed by atoms with Crippen LogP contribution >= 0.6 is 0 Å². The Balaban J connectivity index is 2.59. The monoisotopic (exact) mass is 192 g/mol. The molecular formula is C7H7F3N2O. The van der Waals surface area contributed by atoms with Crippen molar-refractivity contribution < 1.29 is 17.6 Å². The Morgan fingerprint density at radius 3 is 2.69 bits per heavy atom. The number of nitrogens with two attached hydrogens (primary N) is 1. The summed E-state index contributed by atoms with van der Waals surface area (Å²) in [6, 6.07) is 3.09. The van der Waals surface area contributed by atoms with Crippen molar-refractivity contribution in [1.82, 2.24) is 0 Å². The summed E-state index contributed by atoms with van der Waals surface area (Å²) < 4.78 is 40.1. The van der Waals surface area contributed by atoms with Crippen LogP contribution in [0.2, 0.25) is 0 Å². The van der Waals surface area contributed by atoms with Crippen LogP contribution in [0.15, 0.2) is 27.8 Å². The third-order valence-electron chi connectivity index (χ3n) is 1.28. The van der Waals surface area contributed by atoms with Crippen molar-refractivity contribution in [1.29, 1.82) is 0 Å². The second-order valence-electron chi connectivity index (χ2n) is 2.28. The highest BCUT2D eigenvalue weighted by Gasteiger charge is 2.33. The largest absolute Gasteiger partial charge is 0.467 e. The van der Waals surface area contributed by atoms with Gasteiger partial charge in [0.25, 0.3) is 0 Å². The molecule has 0 aliphatic carbocycles. The van der Waals surface area contributed by atoms with E-state index >= 15 is 0 Å². The maximum atomic E-state index is 11.8. The topological polar surface area (TPSA) is 51.5 Å². The smallest absolute Gasteiger partial charge is 0.448 e. The van der Waals surface area contributed by atoms with Gasteiger partial charge in [-0.05, 0) is 12.1 Å². The van der Waals surface area contributed by atoms with Crippen LogP contribution in [-0.2, 0) is 6.54 Å². The summed E-state index contributed by atoms with van der Waals surface area (Å²) in [6.07, 6.45) is -3.21. The van der Waals surface area contributed by atoms with Gasteiger partial charge < -0.3 is 10.2 Å². The van der Waals surface area contributed by atoms with E-state index in [9.17, 15) is 13.2 Å². The zero-order valence-electron chi connectivity index (χ0n) is 6.51. The quantitative estimate of drug-likeness (QED) is 0.572. The molecular weight excluding hydrogens is 185 g/mol. The van der Waals surface area contributed by atoms with Gasteiger partial charge in [-0.2, -0.15) is 13.2 Å². The van der Waals surface area contributed by atoms with E-state index in [2.05, 4.69) is 10.7 Å². The van der Waals surface area contributed by atoms with Crippen LogP contribution in [0.4, 0.5) is 13.2 Å². The number of rotatable bonds is 2. The van der Waals surface area contributed by atoms with Gasteiger partial charge in [-0.25, -0.2) is 0 Å². The average molecular weight is 192 g/mol. The number of furan rings is 1.